The molecule has 0 radical (unpaired) electrons. The van der Waals surface area contributed by atoms with E-state index < -0.39 is 0 Å². The molecule has 0 saturated carbocycles. The maximum absolute atomic E-state index is 6.02. The second-order valence-electron chi connectivity index (χ2n) is 5.26. The van der Waals surface area contributed by atoms with E-state index in [1.54, 1.807) is 11.3 Å². The standard InChI is InChI=1S/C16H20N2OS/c1-2-7-17-15(4-1)12-19-16-5-3-8-18(11-16)10-14-6-9-20-13-14/h1-2,4,6-7,9,13,16H,3,5,8,10-12H2/t16-/m0/s1. The molecule has 106 valence electrons. The summed E-state index contributed by atoms with van der Waals surface area (Å²) in [5.74, 6) is 0. The summed E-state index contributed by atoms with van der Waals surface area (Å²) < 4.78 is 6.02. The van der Waals surface area contributed by atoms with Gasteiger partial charge in [-0.25, -0.2) is 0 Å². The zero-order chi connectivity index (χ0) is 13.6. The lowest BCUT2D eigenvalue weighted by Gasteiger charge is -2.32. The van der Waals surface area contributed by atoms with Gasteiger partial charge in [-0.3, -0.25) is 9.88 Å². The molecule has 2 aromatic rings. The molecule has 1 saturated heterocycles. The van der Waals surface area contributed by atoms with Gasteiger partial charge in [-0.05, 0) is 53.9 Å². The largest absolute Gasteiger partial charge is 0.371 e. The van der Waals surface area contributed by atoms with Crippen LogP contribution in [-0.4, -0.2) is 29.1 Å². The van der Waals surface area contributed by atoms with Crippen molar-refractivity contribution in [2.75, 3.05) is 13.1 Å². The van der Waals surface area contributed by atoms with E-state index in [2.05, 4.69) is 26.7 Å². The molecule has 3 nitrogen and oxygen atoms in total. The van der Waals surface area contributed by atoms with Gasteiger partial charge in [0.25, 0.3) is 0 Å². The Morgan fingerprint density at radius 1 is 1.35 bits per heavy atom. The molecular formula is C16H20N2OS. The average Bonchev–Trinajstić information content (AvgIpc) is 3.00. The van der Waals surface area contributed by atoms with Gasteiger partial charge < -0.3 is 4.74 Å². The van der Waals surface area contributed by atoms with Crippen LogP contribution in [0.15, 0.2) is 41.2 Å². The van der Waals surface area contributed by atoms with Crippen molar-refractivity contribution in [2.24, 2.45) is 0 Å². The molecule has 0 unspecified atom stereocenters. The Morgan fingerprint density at radius 3 is 3.15 bits per heavy atom. The van der Waals surface area contributed by atoms with Crippen LogP contribution in [0, 0.1) is 0 Å². The van der Waals surface area contributed by atoms with E-state index >= 15 is 0 Å². The molecule has 20 heavy (non-hydrogen) atoms. The molecule has 0 bridgehead atoms. The first-order chi connectivity index (χ1) is 9.90. The fourth-order valence-electron chi connectivity index (χ4n) is 2.62. The molecule has 3 heterocycles. The molecule has 1 aliphatic heterocycles. The Balaban J connectivity index is 1.48. The van der Waals surface area contributed by atoms with Gasteiger partial charge in [-0.15, -0.1) is 0 Å². The minimum atomic E-state index is 0.337. The Labute approximate surface area is 124 Å². The molecule has 0 aliphatic carbocycles. The van der Waals surface area contributed by atoms with Crippen LogP contribution in [0.3, 0.4) is 0 Å². The van der Waals surface area contributed by atoms with Crippen LogP contribution in [0.25, 0.3) is 0 Å². The van der Waals surface area contributed by atoms with E-state index in [9.17, 15) is 0 Å². The van der Waals surface area contributed by atoms with Crippen molar-refractivity contribution < 1.29 is 4.74 Å². The summed E-state index contributed by atoms with van der Waals surface area (Å²) in [7, 11) is 0. The maximum atomic E-state index is 6.02. The van der Waals surface area contributed by atoms with Crippen LogP contribution in [0.5, 0.6) is 0 Å². The van der Waals surface area contributed by atoms with Crippen LogP contribution < -0.4 is 0 Å². The molecular weight excluding hydrogens is 268 g/mol. The zero-order valence-corrected chi connectivity index (χ0v) is 12.4. The van der Waals surface area contributed by atoms with Crippen LogP contribution in [-0.2, 0) is 17.9 Å². The minimum absolute atomic E-state index is 0.337. The van der Waals surface area contributed by atoms with Gasteiger partial charge in [-0.1, -0.05) is 6.07 Å². The van der Waals surface area contributed by atoms with Crippen molar-refractivity contribution in [2.45, 2.75) is 32.1 Å². The van der Waals surface area contributed by atoms with Gasteiger partial charge in [0.2, 0.25) is 0 Å². The highest BCUT2D eigenvalue weighted by Crippen LogP contribution is 2.18. The third kappa shape index (κ3) is 3.88. The molecule has 2 aromatic heterocycles. The molecule has 4 heteroatoms. The summed E-state index contributed by atoms with van der Waals surface area (Å²) in [4.78, 5) is 6.80. The fraction of sp³-hybridized carbons (Fsp3) is 0.438. The highest BCUT2D eigenvalue weighted by molar-refractivity contribution is 7.07. The van der Waals surface area contributed by atoms with Crippen molar-refractivity contribution in [3.8, 4) is 0 Å². The summed E-state index contributed by atoms with van der Waals surface area (Å²) in [5, 5.41) is 4.38. The molecule has 1 atom stereocenters. The van der Waals surface area contributed by atoms with E-state index in [4.69, 9.17) is 4.74 Å². The Hall–Kier alpha value is -1.23. The summed E-state index contributed by atoms with van der Waals surface area (Å²) in [5.41, 5.74) is 2.43. The number of nitrogens with zero attached hydrogens (tertiary/aromatic N) is 2. The van der Waals surface area contributed by atoms with E-state index in [0.717, 1.165) is 25.2 Å². The highest BCUT2D eigenvalue weighted by atomic mass is 32.1. The number of aromatic nitrogens is 1. The van der Waals surface area contributed by atoms with E-state index in [0.29, 0.717) is 12.7 Å². The minimum Gasteiger partial charge on any atom is -0.371 e. The van der Waals surface area contributed by atoms with Crippen molar-refractivity contribution in [1.29, 1.82) is 0 Å². The second kappa shape index (κ2) is 6.97. The summed E-state index contributed by atoms with van der Waals surface area (Å²) in [6, 6.07) is 8.18. The number of thiophene rings is 1. The molecule has 3 rings (SSSR count). The van der Waals surface area contributed by atoms with Crippen molar-refractivity contribution in [3.63, 3.8) is 0 Å². The third-order valence-corrected chi connectivity index (χ3v) is 4.37. The van der Waals surface area contributed by atoms with Crippen molar-refractivity contribution in [1.82, 2.24) is 9.88 Å². The van der Waals surface area contributed by atoms with Gasteiger partial charge in [0.05, 0.1) is 18.4 Å². The lowest BCUT2D eigenvalue weighted by molar-refractivity contribution is -0.0132. The fourth-order valence-corrected chi connectivity index (χ4v) is 3.28. The van der Waals surface area contributed by atoms with Gasteiger partial charge in [0.15, 0.2) is 0 Å². The van der Waals surface area contributed by atoms with Gasteiger partial charge in [0.1, 0.15) is 0 Å². The molecule has 0 aromatic carbocycles. The smallest absolute Gasteiger partial charge is 0.0892 e. The van der Waals surface area contributed by atoms with Crippen LogP contribution in [0.2, 0.25) is 0 Å². The SMILES string of the molecule is c1ccc(CO[C@H]2CCCN(Cc3ccsc3)C2)nc1. The quantitative estimate of drug-likeness (QED) is 0.844. The maximum Gasteiger partial charge on any atom is 0.0892 e. The second-order valence-corrected chi connectivity index (χ2v) is 6.04. The van der Waals surface area contributed by atoms with Gasteiger partial charge >= 0.3 is 0 Å². The number of rotatable bonds is 5. The van der Waals surface area contributed by atoms with Gasteiger partial charge in [-0.2, -0.15) is 11.3 Å². The Bertz CT molecular complexity index is 500. The summed E-state index contributed by atoms with van der Waals surface area (Å²) >= 11 is 1.77. The first kappa shape index (κ1) is 13.7. The molecule has 0 amide bonds. The zero-order valence-electron chi connectivity index (χ0n) is 11.6. The first-order valence-electron chi connectivity index (χ1n) is 7.15. The van der Waals surface area contributed by atoms with Crippen molar-refractivity contribution in [3.05, 3.63) is 52.5 Å². The lowest BCUT2D eigenvalue weighted by atomic mass is 10.1. The Kier molecular flexibility index (Phi) is 4.79. The van der Waals surface area contributed by atoms with Crippen LogP contribution in [0.1, 0.15) is 24.1 Å². The summed E-state index contributed by atoms with van der Waals surface area (Å²) in [6.45, 7) is 3.88. The summed E-state index contributed by atoms with van der Waals surface area (Å²) in [6.07, 6.45) is 4.54. The van der Waals surface area contributed by atoms with Gasteiger partial charge in [0, 0.05) is 19.3 Å². The number of hydrogen-bond donors (Lipinski definition) is 0. The number of hydrogen-bond acceptors (Lipinski definition) is 4. The number of pyridine rings is 1. The van der Waals surface area contributed by atoms with E-state index in [1.165, 1.54) is 18.5 Å². The lowest BCUT2D eigenvalue weighted by Crippen LogP contribution is -2.39. The highest BCUT2D eigenvalue weighted by Gasteiger charge is 2.20. The predicted molar refractivity (Wildman–Crippen MR) is 81.6 cm³/mol. The third-order valence-electron chi connectivity index (χ3n) is 3.64. The number of piperidine rings is 1. The topological polar surface area (TPSA) is 25.4 Å². The van der Waals surface area contributed by atoms with E-state index in [-0.39, 0.29) is 0 Å². The van der Waals surface area contributed by atoms with Crippen molar-refractivity contribution >= 4 is 11.3 Å². The predicted octanol–water partition coefficient (Wildman–Crippen LogP) is 3.32. The Morgan fingerprint density at radius 2 is 2.35 bits per heavy atom. The molecule has 0 spiro atoms. The number of ether oxygens (including phenoxy) is 1. The average molecular weight is 288 g/mol. The molecule has 1 aliphatic rings. The van der Waals surface area contributed by atoms with Crippen LogP contribution >= 0.6 is 11.3 Å². The molecule has 1 fully saturated rings. The van der Waals surface area contributed by atoms with E-state index in [1.807, 2.05) is 24.4 Å². The van der Waals surface area contributed by atoms with Crippen LogP contribution in [0.4, 0.5) is 0 Å². The molecule has 0 N–H and O–H groups in total. The number of likely N-dealkylation sites (tertiary alicyclic amines) is 1. The first-order valence-corrected chi connectivity index (χ1v) is 8.09. The monoisotopic (exact) mass is 288 g/mol. The normalized spacial score (nSPS) is 20.1.